The highest BCUT2D eigenvalue weighted by atomic mass is 28.4. The normalized spacial score (nSPS) is 34.0. The summed E-state index contributed by atoms with van der Waals surface area (Å²) in [7, 11) is -2.18. The number of benzene rings is 2. The lowest BCUT2D eigenvalue weighted by Crippen LogP contribution is -2.52. The lowest BCUT2D eigenvalue weighted by molar-refractivity contribution is -0.146. The Labute approximate surface area is 221 Å². The highest BCUT2D eigenvalue weighted by Gasteiger charge is 2.85. The van der Waals surface area contributed by atoms with Gasteiger partial charge in [0.05, 0.1) is 23.7 Å². The minimum atomic E-state index is -2.18. The fraction of sp³-hybridized carbons (Fsp3) is 0.581. The van der Waals surface area contributed by atoms with Gasteiger partial charge in [-0.3, -0.25) is 4.79 Å². The van der Waals surface area contributed by atoms with Crippen LogP contribution < -0.4 is 0 Å². The van der Waals surface area contributed by atoms with Crippen LogP contribution in [0.1, 0.15) is 70.4 Å². The van der Waals surface area contributed by atoms with Crippen molar-refractivity contribution in [1.29, 1.82) is 0 Å². The first kappa shape index (κ1) is 25.3. The van der Waals surface area contributed by atoms with Gasteiger partial charge in [0, 0.05) is 17.8 Å². The number of hydrogen-bond acceptors (Lipinski definition) is 5. The lowest BCUT2D eigenvalue weighted by atomic mass is 9.88. The number of carbonyl (C=O) groups excluding carboxylic acids is 1. The first-order valence-electron chi connectivity index (χ1n) is 13.7. The van der Waals surface area contributed by atoms with Crippen molar-refractivity contribution < 1.29 is 23.8 Å². The third-order valence-electron chi connectivity index (χ3n) is 10.0. The Bertz CT molecular complexity index is 1200. The Morgan fingerprint density at radius 2 is 1.65 bits per heavy atom. The van der Waals surface area contributed by atoms with E-state index in [-0.39, 0.29) is 35.6 Å². The van der Waals surface area contributed by atoms with Crippen LogP contribution in [-0.4, -0.2) is 49.4 Å². The topological polar surface area (TPSA) is 65.0 Å². The molecule has 1 heterocycles. The van der Waals surface area contributed by atoms with Gasteiger partial charge in [-0.2, -0.15) is 0 Å². The van der Waals surface area contributed by atoms with E-state index in [1.165, 1.54) is 22.3 Å². The van der Waals surface area contributed by atoms with E-state index < -0.39 is 24.9 Å². The van der Waals surface area contributed by atoms with E-state index in [1.807, 2.05) is 19.1 Å². The summed E-state index contributed by atoms with van der Waals surface area (Å²) >= 11 is 0. The zero-order valence-corrected chi connectivity index (χ0v) is 24.0. The maximum absolute atomic E-state index is 13.4. The van der Waals surface area contributed by atoms with Gasteiger partial charge >= 0.3 is 5.97 Å². The monoisotopic (exact) mass is 520 g/mol. The summed E-state index contributed by atoms with van der Waals surface area (Å²) in [6.45, 7) is 13.5. The van der Waals surface area contributed by atoms with Crippen molar-refractivity contribution in [2.45, 2.75) is 101 Å². The second kappa shape index (κ2) is 8.01. The molecule has 0 bridgehead atoms. The Hall–Kier alpha value is -1.99. The first-order valence-corrected chi connectivity index (χ1v) is 16.6. The van der Waals surface area contributed by atoms with E-state index in [2.05, 4.69) is 70.3 Å². The third-order valence-corrected chi connectivity index (χ3v) is 14.5. The maximum Gasteiger partial charge on any atom is 0.306 e. The van der Waals surface area contributed by atoms with Crippen molar-refractivity contribution >= 4 is 14.3 Å². The van der Waals surface area contributed by atoms with Crippen LogP contribution in [-0.2, 0) is 18.7 Å². The second-order valence-corrected chi connectivity index (χ2v) is 18.3. The SMILES string of the molecule is C[C@H]1C[C@@]2(O)C[C@]3(CC(=O)OCC4c5ccccc5-c5ccccc54)C[C@]3(O[Si](C)(C)C(C)(C)C)[C@H]2O1. The second-order valence-electron chi connectivity index (χ2n) is 13.6. The molecule has 0 spiro atoms. The molecule has 5 nitrogen and oxygen atoms in total. The van der Waals surface area contributed by atoms with Crippen molar-refractivity contribution in [2.24, 2.45) is 5.41 Å². The number of hydrogen-bond donors (Lipinski definition) is 1. The molecule has 0 aromatic heterocycles. The van der Waals surface area contributed by atoms with Gasteiger partial charge in [-0.05, 0) is 60.2 Å². The van der Waals surface area contributed by atoms with Crippen molar-refractivity contribution in [3.05, 3.63) is 59.7 Å². The van der Waals surface area contributed by atoms with E-state index >= 15 is 0 Å². The smallest absolute Gasteiger partial charge is 0.306 e. The maximum atomic E-state index is 13.4. The summed E-state index contributed by atoms with van der Waals surface area (Å²) in [6.07, 6.45) is 1.74. The van der Waals surface area contributed by atoms with E-state index in [9.17, 15) is 9.90 Å². The third kappa shape index (κ3) is 3.70. The number of carbonyl (C=O) groups is 1. The van der Waals surface area contributed by atoms with Gasteiger partial charge in [0.15, 0.2) is 8.32 Å². The largest absolute Gasteiger partial charge is 0.465 e. The van der Waals surface area contributed by atoms with E-state index in [0.717, 1.165) is 6.42 Å². The van der Waals surface area contributed by atoms with Crippen LogP contribution in [0.15, 0.2) is 48.5 Å². The van der Waals surface area contributed by atoms with Gasteiger partial charge in [0.1, 0.15) is 12.7 Å². The predicted octanol–water partition coefficient (Wildman–Crippen LogP) is 6.20. The predicted molar refractivity (Wildman–Crippen MR) is 146 cm³/mol. The fourth-order valence-electron chi connectivity index (χ4n) is 7.37. The van der Waals surface area contributed by atoms with Crippen LogP contribution >= 0.6 is 0 Å². The van der Waals surface area contributed by atoms with Gasteiger partial charge in [-0.25, -0.2) is 0 Å². The molecule has 0 radical (unpaired) electrons. The number of rotatable bonds is 6. The average Bonchev–Trinajstić information content (AvgIpc) is 3.03. The molecule has 3 aliphatic carbocycles. The molecule has 2 aromatic rings. The number of esters is 1. The van der Waals surface area contributed by atoms with Gasteiger partial charge in [0.25, 0.3) is 0 Å². The summed E-state index contributed by atoms with van der Waals surface area (Å²) < 4.78 is 19.4. The average molecular weight is 521 g/mol. The molecule has 4 aliphatic rings. The molecule has 0 amide bonds. The van der Waals surface area contributed by atoms with Crippen LogP contribution in [0.2, 0.25) is 18.1 Å². The van der Waals surface area contributed by atoms with E-state index in [0.29, 0.717) is 19.4 Å². The Morgan fingerprint density at radius 1 is 1.05 bits per heavy atom. The standard InChI is InChI=1S/C31H40O5Si/c1-20-15-30(33)18-29(19-31(29,27(30)35-20)36-37(5,6)28(2,3)4)16-26(32)34-17-25-23-13-9-7-11-21(23)22-12-8-10-14-24(22)25/h7-14,20,25,27,33H,15-19H2,1-6H3/t20-,27-,29+,30+,31-/m0/s1. The van der Waals surface area contributed by atoms with Crippen LogP contribution in [0.4, 0.5) is 0 Å². The molecule has 3 fully saturated rings. The minimum Gasteiger partial charge on any atom is -0.465 e. The molecule has 1 aliphatic heterocycles. The first-order chi connectivity index (χ1) is 17.3. The Kier molecular flexibility index (Phi) is 5.48. The van der Waals surface area contributed by atoms with Gasteiger partial charge in [-0.15, -0.1) is 0 Å². The summed E-state index contributed by atoms with van der Waals surface area (Å²) in [5.74, 6) is -0.170. The molecule has 6 rings (SSSR count). The lowest BCUT2D eigenvalue weighted by Gasteiger charge is -2.42. The summed E-state index contributed by atoms with van der Waals surface area (Å²) in [4.78, 5) is 13.4. The van der Waals surface area contributed by atoms with E-state index in [4.69, 9.17) is 13.9 Å². The molecular weight excluding hydrogens is 480 g/mol. The number of fused-ring (bicyclic) bond motifs is 6. The Balaban J connectivity index is 1.22. The zero-order valence-electron chi connectivity index (χ0n) is 23.0. The van der Waals surface area contributed by atoms with Crippen molar-refractivity contribution in [2.75, 3.05) is 6.61 Å². The van der Waals surface area contributed by atoms with Crippen molar-refractivity contribution in [3.63, 3.8) is 0 Å². The number of aliphatic hydroxyl groups is 1. The van der Waals surface area contributed by atoms with Crippen LogP contribution in [0.3, 0.4) is 0 Å². The highest BCUT2D eigenvalue weighted by molar-refractivity contribution is 6.74. The Morgan fingerprint density at radius 3 is 2.24 bits per heavy atom. The molecule has 198 valence electrons. The molecule has 2 aromatic carbocycles. The molecule has 0 unspecified atom stereocenters. The summed E-state index contributed by atoms with van der Waals surface area (Å²) in [5.41, 5.74) is 2.89. The minimum absolute atomic E-state index is 0.0112. The molecule has 2 saturated carbocycles. The molecule has 1 saturated heterocycles. The van der Waals surface area contributed by atoms with Gasteiger partial charge in [0.2, 0.25) is 0 Å². The van der Waals surface area contributed by atoms with Gasteiger partial charge in [-0.1, -0.05) is 69.3 Å². The highest BCUT2D eigenvalue weighted by Crippen LogP contribution is 2.76. The molecular formula is C31H40O5Si. The van der Waals surface area contributed by atoms with Crippen molar-refractivity contribution in [3.8, 4) is 11.1 Å². The van der Waals surface area contributed by atoms with Crippen LogP contribution in [0.25, 0.3) is 11.1 Å². The van der Waals surface area contributed by atoms with Gasteiger partial charge < -0.3 is 19.0 Å². The molecule has 37 heavy (non-hydrogen) atoms. The molecule has 1 N–H and O–H groups in total. The van der Waals surface area contributed by atoms with Crippen LogP contribution in [0, 0.1) is 5.41 Å². The van der Waals surface area contributed by atoms with E-state index in [1.54, 1.807) is 0 Å². The van der Waals surface area contributed by atoms with Crippen molar-refractivity contribution in [1.82, 2.24) is 0 Å². The molecule has 6 heteroatoms. The summed E-state index contributed by atoms with van der Waals surface area (Å²) in [5, 5.41) is 11.6. The number of ether oxygens (including phenoxy) is 2. The fourth-order valence-corrected chi connectivity index (χ4v) is 8.98. The van der Waals surface area contributed by atoms with Crippen LogP contribution in [0.5, 0.6) is 0 Å². The summed E-state index contributed by atoms with van der Waals surface area (Å²) in [6, 6.07) is 16.8. The zero-order chi connectivity index (χ0) is 26.4. The molecule has 5 atom stereocenters. The quantitative estimate of drug-likeness (QED) is 0.363.